The van der Waals surface area contributed by atoms with E-state index in [0.717, 1.165) is 18.4 Å². The van der Waals surface area contributed by atoms with Crippen LogP contribution in [0.5, 0.6) is 0 Å². The summed E-state index contributed by atoms with van der Waals surface area (Å²) in [5.41, 5.74) is 0.415. The van der Waals surface area contributed by atoms with Crippen LogP contribution in [0.2, 0.25) is 0 Å². The van der Waals surface area contributed by atoms with Crippen molar-refractivity contribution in [3.8, 4) is 0 Å². The molecule has 2 unspecified atom stereocenters. The van der Waals surface area contributed by atoms with Gasteiger partial charge >= 0.3 is 0 Å². The van der Waals surface area contributed by atoms with E-state index < -0.39 is 5.60 Å². The van der Waals surface area contributed by atoms with E-state index in [0.29, 0.717) is 18.3 Å². The van der Waals surface area contributed by atoms with E-state index in [1.807, 2.05) is 6.07 Å². The first-order valence-corrected chi connectivity index (χ1v) is 5.67. The minimum absolute atomic E-state index is 0.207. The van der Waals surface area contributed by atoms with Gasteiger partial charge < -0.3 is 5.11 Å². The van der Waals surface area contributed by atoms with E-state index in [-0.39, 0.29) is 5.82 Å². The van der Waals surface area contributed by atoms with Gasteiger partial charge in [0.15, 0.2) is 0 Å². The first kappa shape index (κ1) is 9.34. The molecule has 0 saturated heterocycles. The van der Waals surface area contributed by atoms with Crippen molar-refractivity contribution in [2.45, 2.75) is 31.3 Å². The molecule has 0 spiro atoms. The summed E-state index contributed by atoms with van der Waals surface area (Å²) >= 11 is 0. The largest absolute Gasteiger partial charge is 0.389 e. The highest BCUT2D eigenvalue weighted by molar-refractivity contribution is 5.25. The molecule has 2 heteroatoms. The number of fused-ring (bicyclic) bond motifs is 1. The van der Waals surface area contributed by atoms with E-state index in [4.69, 9.17) is 0 Å². The van der Waals surface area contributed by atoms with Crippen LogP contribution < -0.4 is 0 Å². The average molecular weight is 206 g/mol. The Balaban J connectivity index is 1.76. The fourth-order valence-corrected chi connectivity index (χ4v) is 3.28. The lowest BCUT2D eigenvalue weighted by atomic mass is 9.99. The van der Waals surface area contributed by atoms with E-state index in [1.165, 1.54) is 18.6 Å². The number of halogens is 1. The second kappa shape index (κ2) is 3.05. The van der Waals surface area contributed by atoms with Gasteiger partial charge in [-0.2, -0.15) is 0 Å². The van der Waals surface area contributed by atoms with Crippen molar-refractivity contribution in [2.24, 2.45) is 11.8 Å². The maximum Gasteiger partial charge on any atom is 0.123 e. The zero-order valence-corrected chi connectivity index (χ0v) is 8.62. The molecule has 0 radical (unpaired) electrons. The molecule has 0 heterocycles. The molecule has 0 amide bonds. The third-order valence-electron chi connectivity index (χ3n) is 4.07. The van der Waals surface area contributed by atoms with Crippen molar-refractivity contribution in [2.75, 3.05) is 0 Å². The zero-order chi connectivity index (χ0) is 10.5. The van der Waals surface area contributed by atoms with Gasteiger partial charge in [-0.05, 0) is 42.4 Å². The summed E-state index contributed by atoms with van der Waals surface area (Å²) in [4.78, 5) is 0. The second-order valence-corrected chi connectivity index (χ2v) is 4.94. The summed E-state index contributed by atoms with van der Waals surface area (Å²) < 4.78 is 13.0. The van der Waals surface area contributed by atoms with E-state index in [9.17, 15) is 9.50 Å². The second-order valence-electron chi connectivity index (χ2n) is 4.94. The van der Waals surface area contributed by atoms with Gasteiger partial charge in [-0.3, -0.25) is 0 Å². The van der Waals surface area contributed by atoms with Gasteiger partial charge in [0.05, 0.1) is 5.60 Å². The summed E-state index contributed by atoms with van der Waals surface area (Å²) in [5, 5.41) is 10.3. The topological polar surface area (TPSA) is 20.2 Å². The molecule has 1 aromatic carbocycles. The molecule has 1 nitrogen and oxygen atoms in total. The molecular formula is C13H15FO. The Labute approximate surface area is 88.9 Å². The molecule has 80 valence electrons. The monoisotopic (exact) mass is 206 g/mol. The number of hydrogen-bond donors (Lipinski definition) is 1. The number of hydrogen-bond acceptors (Lipinski definition) is 1. The van der Waals surface area contributed by atoms with Crippen LogP contribution in [-0.2, 0) is 6.42 Å². The summed E-state index contributed by atoms with van der Waals surface area (Å²) in [7, 11) is 0. The van der Waals surface area contributed by atoms with Crippen LogP contribution in [0.15, 0.2) is 24.3 Å². The lowest BCUT2D eigenvalue weighted by Crippen LogP contribution is -2.19. The van der Waals surface area contributed by atoms with Crippen LogP contribution in [-0.4, -0.2) is 10.7 Å². The van der Waals surface area contributed by atoms with Crippen molar-refractivity contribution in [3.05, 3.63) is 35.6 Å². The molecule has 2 fully saturated rings. The summed E-state index contributed by atoms with van der Waals surface area (Å²) in [5.74, 6) is 0.767. The minimum Gasteiger partial charge on any atom is -0.389 e. The van der Waals surface area contributed by atoms with Crippen molar-refractivity contribution >= 4 is 0 Å². The van der Waals surface area contributed by atoms with Gasteiger partial charge in [0.1, 0.15) is 5.82 Å². The van der Waals surface area contributed by atoms with Gasteiger partial charge in [0.25, 0.3) is 0 Å². The first-order valence-electron chi connectivity index (χ1n) is 5.67. The SMILES string of the molecule is OC1(Cc2cccc(F)c2)C2CCCC21. The van der Waals surface area contributed by atoms with Crippen LogP contribution in [0.25, 0.3) is 0 Å². The normalized spacial score (nSPS) is 37.7. The Morgan fingerprint density at radius 1 is 1.33 bits per heavy atom. The molecule has 15 heavy (non-hydrogen) atoms. The Bertz CT molecular complexity index is 378. The van der Waals surface area contributed by atoms with Crippen LogP contribution >= 0.6 is 0 Å². The fraction of sp³-hybridized carbons (Fsp3) is 0.538. The maximum absolute atomic E-state index is 13.0. The molecule has 3 rings (SSSR count). The lowest BCUT2D eigenvalue weighted by Gasteiger charge is -2.14. The molecular weight excluding hydrogens is 191 g/mol. The summed E-state index contributed by atoms with van der Waals surface area (Å²) in [6.07, 6.45) is 4.17. The predicted molar refractivity (Wildman–Crippen MR) is 55.9 cm³/mol. The van der Waals surface area contributed by atoms with Crippen molar-refractivity contribution in [1.29, 1.82) is 0 Å². The average Bonchev–Trinajstić information content (AvgIpc) is 2.63. The third kappa shape index (κ3) is 1.39. The van der Waals surface area contributed by atoms with Crippen molar-refractivity contribution in [1.82, 2.24) is 0 Å². The van der Waals surface area contributed by atoms with E-state index in [2.05, 4.69) is 0 Å². The summed E-state index contributed by atoms with van der Waals surface area (Å²) in [6, 6.07) is 6.59. The Morgan fingerprint density at radius 3 is 2.73 bits per heavy atom. The Morgan fingerprint density at radius 2 is 2.07 bits per heavy atom. The highest BCUT2D eigenvalue weighted by atomic mass is 19.1. The molecule has 2 aliphatic rings. The highest BCUT2D eigenvalue weighted by Gasteiger charge is 2.64. The van der Waals surface area contributed by atoms with E-state index >= 15 is 0 Å². The quantitative estimate of drug-likeness (QED) is 0.788. The molecule has 2 aliphatic carbocycles. The first-order chi connectivity index (χ1) is 7.20. The smallest absolute Gasteiger partial charge is 0.123 e. The van der Waals surface area contributed by atoms with Gasteiger partial charge in [0, 0.05) is 6.42 Å². The number of benzene rings is 1. The molecule has 0 aromatic heterocycles. The molecule has 2 saturated carbocycles. The predicted octanol–water partition coefficient (Wildman–Crippen LogP) is 2.53. The molecule has 0 bridgehead atoms. The standard InChI is InChI=1S/C13H15FO/c14-10-4-1-3-9(7-10)8-13(15)11-5-2-6-12(11)13/h1,3-4,7,11-12,15H,2,5-6,8H2. The van der Waals surface area contributed by atoms with Crippen molar-refractivity contribution < 1.29 is 9.50 Å². The summed E-state index contributed by atoms with van der Waals surface area (Å²) in [6.45, 7) is 0. The third-order valence-corrected chi connectivity index (χ3v) is 4.07. The molecule has 1 N–H and O–H groups in total. The highest BCUT2D eigenvalue weighted by Crippen LogP contribution is 2.61. The number of rotatable bonds is 2. The van der Waals surface area contributed by atoms with Crippen LogP contribution in [0.1, 0.15) is 24.8 Å². The van der Waals surface area contributed by atoms with Gasteiger partial charge in [0.2, 0.25) is 0 Å². The van der Waals surface area contributed by atoms with Gasteiger partial charge in [-0.25, -0.2) is 4.39 Å². The fourth-order valence-electron chi connectivity index (χ4n) is 3.28. The Kier molecular flexibility index (Phi) is 1.90. The molecule has 1 aromatic rings. The van der Waals surface area contributed by atoms with Crippen LogP contribution in [0, 0.1) is 17.7 Å². The Hall–Kier alpha value is -0.890. The van der Waals surface area contributed by atoms with Gasteiger partial charge in [-0.1, -0.05) is 18.6 Å². The number of aliphatic hydroxyl groups is 1. The maximum atomic E-state index is 13.0. The molecule has 0 aliphatic heterocycles. The van der Waals surface area contributed by atoms with Crippen molar-refractivity contribution in [3.63, 3.8) is 0 Å². The zero-order valence-electron chi connectivity index (χ0n) is 8.62. The van der Waals surface area contributed by atoms with Crippen LogP contribution in [0.4, 0.5) is 4.39 Å². The minimum atomic E-state index is -0.508. The lowest BCUT2D eigenvalue weighted by molar-refractivity contribution is 0.106. The van der Waals surface area contributed by atoms with Crippen LogP contribution in [0.3, 0.4) is 0 Å². The van der Waals surface area contributed by atoms with E-state index in [1.54, 1.807) is 6.07 Å². The van der Waals surface area contributed by atoms with Gasteiger partial charge in [-0.15, -0.1) is 0 Å². The molecule has 2 atom stereocenters.